The Morgan fingerprint density at radius 3 is 2.94 bits per heavy atom. The zero-order valence-corrected chi connectivity index (χ0v) is 11.0. The van der Waals surface area contributed by atoms with Crippen molar-refractivity contribution in [2.45, 2.75) is 26.3 Å². The topological polar surface area (TPSA) is 34.1 Å². The van der Waals surface area contributed by atoms with Crippen molar-refractivity contribution in [3.8, 4) is 5.75 Å². The van der Waals surface area contributed by atoms with Gasteiger partial charge in [0.25, 0.3) is 0 Å². The Bertz CT molecular complexity index is 493. The molecule has 2 rings (SSSR count). The van der Waals surface area contributed by atoms with E-state index in [0.717, 1.165) is 29.6 Å². The lowest BCUT2D eigenvalue weighted by molar-refractivity contribution is 0.309. The summed E-state index contributed by atoms with van der Waals surface area (Å²) in [5.74, 6) is 0.860. The number of hydrogen-bond acceptors (Lipinski definition) is 3. The summed E-state index contributed by atoms with van der Waals surface area (Å²) >= 11 is 0. The van der Waals surface area contributed by atoms with E-state index in [4.69, 9.17) is 4.74 Å². The number of nitrogens with one attached hydrogen (secondary N) is 1. The molecule has 0 aliphatic rings. The zero-order valence-electron chi connectivity index (χ0n) is 11.0. The summed E-state index contributed by atoms with van der Waals surface area (Å²) < 4.78 is 5.79. The van der Waals surface area contributed by atoms with Crippen LogP contribution in [0.1, 0.15) is 20.3 Å². The van der Waals surface area contributed by atoms with E-state index < -0.39 is 0 Å². The van der Waals surface area contributed by atoms with Gasteiger partial charge in [0.05, 0.1) is 0 Å². The Morgan fingerprint density at radius 1 is 1.28 bits per heavy atom. The van der Waals surface area contributed by atoms with Gasteiger partial charge >= 0.3 is 0 Å². The van der Waals surface area contributed by atoms with Gasteiger partial charge in [-0.1, -0.05) is 25.1 Å². The van der Waals surface area contributed by atoms with E-state index in [0.29, 0.717) is 12.6 Å². The predicted molar refractivity (Wildman–Crippen MR) is 75.0 cm³/mol. The number of rotatable bonds is 6. The normalized spacial score (nSPS) is 12.6. The summed E-state index contributed by atoms with van der Waals surface area (Å²) in [5.41, 5.74) is 0.934. The maximum atomic E-state index is 5.79. The summed E-state index contributed by atoms with van der Waals surface area (Å²) in [7, 11) is 0. The largest absolute Gasteiger partial charge is 0.490 e. The number of fused-ring (bicyclic) bond motifs is 1. The van der Waals surface area contributed by atoms with Crippen molar-refractivity contribution < 1.29 is 4.74 Å². The van der Waals surface area contributed by atoms with Gasteiger partial charge in [0.2, 0.25) is 0 Å². The average Bonchev–Trinajstić information content (AvgIpc) is 2.43. The fraction of sp³-hybridized carbons (Fsp3) is 0.400. The number of ether oxygens (including phenoxy) is 1. The third-order valence-electron chi connectivity index (χ3n) is 3.06. The van der Waals surface area contributed by atoms with Crippen molar-refractivity contribution in [1.82, 2.24) is 10.3 Å². The van der Waals surface area contributed by atoms with Gasteiger partial charge in [-0.3, -0.25) is 4.98 Å². The van der Waals surface area contributed by atoms with Gasteiger partial charge in [-0.15, -0.1) is 0 Å². The molecule has 1 heterocycles. The maximum Gasteiger partial charge on any atom is 0.145 e. The van der Waals surface area contributed by atoms with Crippen LogP contribution in [0.4, 0.5) is 0 Å². The minimum Gasteiger partial charge on any atom is -0.490 e. The predicted octanol–water partition coefficient (Wildman–Crippen LogP) is 3.00. The second-order valence-corrected chi connectivity index (χ2v) is 4.44. The molecule has 1 N–H and O–H groups in total. The van der Waals surface area contributed by atoms with Crippen molar-refractivity contribution in [1.29, 1.82) is 0 Å². The Morgan fingerprint density at radius 2 is 2.11 bits per heavy atom. The molecule has 96 valence electrons. The second-order valence-electron chi connectivity index (χ2n) is 4.44. The third kappa shape index (κ3) is 3.20. The third-order valence-corrected chi connectivity index (χ3v) is 3.06. The van der Waals surface area contributed by atoms with E-state index in [1.165, 1.54) is 0 Å². The molecule has 1 aromatic carbocycles. The van der Waals surface area contributed by atoms with E-state index >= 15 is 0 Å². The van der Waals surface area contributed by atoms with Crippen LogP contribution in [-0.4, -0.2) is 24.2 Å². The molecule has 0 radical (unpaired) electrons. The molecular weight excluding hydrogens is 224 g/mol. The van der Waals surface area contributed by atoms with Crippen LogP contribution in [0.5, 0.6) is 5.75 Å². The molecule has 0 aliphatic heterocycles. The highest BCUT2D eigenvalue weighted by Crippen LogP contribution is 2.22. The maximum absolute atomic E-state index is 5.79. The quantitative estimate of drug-likeness (QED) is 0.793. The van der Waals surface area contributed by atoms with Crippen molar-refractivity contribution in [2.24, 2.45) is 0 Å². The Kier molecular flexibility index (Phi) is 4.53. The first-order chi connectivity index (χ1) is 8.81. The summed E-state index contributed by atoms with van der Waals surface area (Å²) in [4.78, 5) is 4.37. The Labute approximate surface area is 108 Å². The first kappa shape index (κ1) is 12.8. The van der Waals surface area contributed by atoms with Gasteiger partial charge in [0.1, 0.15) is 17.9 Å². The van der Waals surface area contributed by atoms with Crippen LogP contribution in [0.15, 0.2) is 36.5 Å². The van der Waals surface area contributed by atoms with Crippen LogP contribution >= 0.6 is 0 Å². The number of pyridine rings is 1. The molecule has 1 atom stereocenters. The van der Waals surface area contributed by atoms with Gasteiger partial charge in [-0.2, -0.15) is 0 Å². The Hall–Kier alpha value is -1.61. The number of aromatic nitrogens is 1. The summed E-state index contributed by atoms with van der Waals surface area (Å²) in [6.45, 7) is 5.88. The van der Waals surface area contributed by atoms with Gasteiger partial charge in [-0.05, 0) is 25.5 Å². The van der Waals surface area contributed by atoms with Crippen molar-refractivity contribution in [3.05, 3.63) is 36.5 Å². The van der Waals surface area contributed by atoms with Gasteiger partial charge in [0, 0.05) is 24.2 Å². The van der Waals surface area contributed by atoms with Crippen molar-refractivity contribution >= 4 is 10.9 Å². The smallest absolute Gasteiger partial charge is 0.145 e. The molecule has 3 nitrogen and oxygen atoms in total. The number of benzene rings is 1. The van der Waals surface area contributed by atoms with Crippen LogP contribution in [0.2, 0.25) is 0 Å². The number of nitrogens with zero attached hydrogens (tertiary/aromatic N) is 1. The fourth-order valence-corrected chi connectivity index (χ4v) is 1.80. The highest BCUT2D eigenvalue weighted by molar-refractivity contribution is 5.84. The monoisotopic (exact) mass is 244 g/mol. The van der Waals surface area contributed by atoms with E-state index in [-0.39, 0.29) is 0 Å². The molecule has 0 saturated heterocycles. The van der Waals surface area contributed by atoms with Crippen LogP contribution < -0.4 is 10.1 Å². The highest BCUT2D eigenvalue weighted by Gasteiger charge is 2.02. The molecule has 1 unspecified atom stereocenters. The van der Waals surface area contributed by atoms with Gasteiger partial charge in [0.15, 0.2) is 0 Å². The summed E-state index contributed by atoms with van der Waals surface area (Å²) in [5, 5.41) is 4.52. The average molecular weight is 244 g/mol. The first-order valence-corrected chi connectivity index (χ1v) is 6.51. The minimum absolute atomic E-state index is 0.541. The van der Waals surface area contributed by atoms with E-state index in [2.05, 4.69) is 24.1 Å². The molecular formula is C15H20N2O. The van der Waals surface area contributed by atoms with Crippen molar-refractivity contribution in [3.63, 3.8) is 0 Å². The van der Waals surface area contributed by atoms with Gasteiger partial charge < -0.3 is 10.1 Å². The van der Waals surface area contributed by atoms with E-state index in [9.17, 15) is 0 Å². The second kappa shape index (κ2) is 6.36. The lowest BCUT2D eigenvalue weighted by Gasteiger charge is -2.12. The van der Waals surface area contributed by atoms with Crippen molar-refractivity contribution in [2.75, 3.05) is 13.2 Å². The Balaban J connectivity index is 1.95. The van der Waals surface area contributed by atoms with E-state index in [1.54, 1.807) is 6.20 Å². The zero-order chi connectivity index (χ0) is 12.8. The van der Waals surface area contributed by atoms with Crippen LogP contribution in [0, 0.1) is 0 Å². The lowest BCUT2D eigenvalue weighted by atomic mass is 10.2. The SMILES string of the molecule is CCC(C)NCCOc1cccc2cccnc12. The molecule has 1 aromatic heterocycles. The molecule has 0 aliphatic carbocycles. The molecule has 0 fully saturated rings. The minimum atomic E-state index is 0.541. The van der Waals surface area contributed by atoms with Gasteiger partial charge in [-0.25, -0.2) is 0 Å². The molecule has 0 amide bonds. The first-order valence-electron chi connectivity index (χ1n) is 6.51. The summed E-state index contributed by atoms with van der Waals surface area (Å²) in [6.07, 6.45) is 2.93. The number of para-hydroxylation sites is 1. The molecule has 0 saturated carbocycles. The van der Waals surface area contributed by atoms with Crippen LogP contribution in [0.25, 0.3) is 10.9 Å². The lowest BCUT2D eigenvalue weighted by Crippen LogP contribution is -2.29. The highest BCUT2D eigenvalue weighted by atomic mass is 16.5. The summed E-state index contributed by atoms with van der Waals surface area (Å²) in [6, 6.07) is 10.6. The molecule has 2 aromatic rings. The molecule has 18 heavy (non-hydrogen) atoms. The molecule has 0 spiro atoms. The van der Waals surface area contributed by atoms with Crippen LogP contribution in [0.3, 0.4) is 0 Å². The molecule has 0 bridgehead atoms. The number of hydrogen-bond donors (Lipinski definition) is 1. The fourth-order valence-electron chi connectivity index (χ4n) is 1.80. The standard InChI is InChI=1S/C15H20N2O/c1-3-12(2)16-10-11-18-14-8-4-6-13-7-5-9-17-15(13)14/h4-9,12,16H,3,10-11H2,1-2H3. The van der Waals surface area contributed by atoms with E-state index in [1.807, 2.05) is 30.3 Å². The molecule has 3 heteroatoms. The van der Waals surface area contributed by atoms with Crippen LogP contribution in [-0.2, 0) is 0 Å².